The molecular weight excluding hydrogens is 508 g/mol. The van der Waals surface area contributed by atoms with Crippen molar-refractivity contribution in [2.75, 3.05) is 44.6 Å². The average molecular weight is 545 g/mol. The number of amides is 3. The van der Waals surface area contributed by atoms with Gasteiger partial charge in [0.15, 0.2) is 0 Å². The van der Waals surface area contributed by atoms with Crippen molar-refractivity contribution in [3.63, 3.8) is 0 Å². The zero-order valence-corrected chi connectivity index (χ0v) is 22.9. The monoisotopic (exact) mass is 544 g/mol. The molecule has 0 bridgehead atoms. The number of likely N-dealkylation sites (tertiary alicyclic amines) is 1. The zero-order valence-electron chi connectivity index (χ0n) is 22.0. The smallest absolute Gasteiger partial charge is 0.338 e. The molecule has 206 valence electrons. The molecular formula is C26H37ClN8O3. The zero-order chi connectivity index (χ0) is 26.5. The molecule has 1 aromatic heterocycles. The van der Waals surface area contributed by atoms with Crippen molar-refractivity contribution in [3.05, 3.63) is 52.6 Å². The van der Waals surface area contributed by atoms with E-state index in [0.29, 0.717) is 55.8 Å². The van der Waals surface area contributed by atoms with Gasteiger partial charge in [-0.25, -0.2) is 9.59 Å². The number of carbonyl (C=O) groups excluding carboxylic acids is 2. The van der Waals surface area contributed by atoms with E-state index in [1.165, 1.54) is 10.1 Å². The second-order valence-corrected chi connectivity index (χ2v) is 11.0. The first kappa shape index (κ1) is 28.0. The number of nitrogens with two attached hydrogens (primary N) is 2. The van der Waals surface area contributed by atoms with E-state index in [-0.39, 0.29) is 30.2 Å². The topological polar surface area (TPSA) is 143 Å². The highest BCUT2D eigenvalue weighted by atomic mass is 35.5. The van der Waals surface area contributed by atoms with Crippen LogP contribution in [-0.4, -0.2) is 87.0 Å². The number of piperazine rings is 1. The molecule has 1 saturated carbocycles. The second-order valence-electron chi connectivity index (χ2n) is 11.0. The predicted octanol–water partition coefficient (Wildman–Crippen LogP) is 1.02. The largest absolute Gasteiger partial charge is 0.354 e. The van der Waals surface area contributed by atoms with E-state index in [0.717, 1.165) is 13.1 Å². The Morgan fingerprint density at radius 3 is 2.16 bits per heavy atom. The van der Waals surface area contributed by atoms with Gasteiger partial charge in [-0.05, 0) is 56.4 Å². The van der Waals surface area contributed by atoms with Crippen LogP contribution in [0.25, 0.3) is 5.69 Å². The molecule has 3 aliphatic rings. The Bertz CT molecular complexity index is 1220. The predicted molar refractivity (Wildman–Crippen MR) is 147 cm³/mol. The van der Waals surface area contributed by atoms with Crippen molar-refractivity contribution in [3.8, 4) is 5.69 Å². The Morgan fingerprint density at radius 1 is 1.03 bits per heavy atom. The highest BCUT2D eigenvalue weighted by Crippen LogP contribution is 2.46. The van der Waals surface area contributed by atoms with Crippen LogP contribution in [0.2, 0.25) is 0 Å². The highest BCUT2D eigenvalue weighted by molar-refractivity contribution is 5.89. The van der Waals surface area contributed by atoms with Gasteiger partial charge < -0.3 is 21.3 Å². The standard InChI is InChI=1S/C26H36N8O3.ClH/c1-16(33-14-19-20(15-33)22(19)27)17-4-6-18(7-5-17)34-9-8-21(30-25(34)37)29-24(36)32-12-10-31(11-13-32)23(35)26(2,3)28;/h4-9,16,19-20,22H,10-15,27-28H2,1-3H3,(H,29,30,36,37);1H. The number of hydrogen-bond acceptors (Lipinski definition) is 7. The molecule has 3 amide bonds. The summed E-state index contributed by atoms with van der Waals surface area (Å²) in [5.41, 5.74) is 12.4. The van der Waals surface area contributed by atoms with Crippen LogP contribution in [0, 0.1) is 11.8 Å². The number of urea groups is 1. The summed E-state index contributed by atoms with van der Waals surface area (Å²) in [4.78, 5) is 47.5. The molecule has 0 radical (unpaired) electrons. The molecule has 3 atom stereocenters. The molecule has 11 nitrogen and oxygen atoms in total. The van der Waals surface area contributed by atoms with E-state index in [1.54, 1.807) is 35.9 Å². The number of nitrogens with zero attached hydrogens (tertiary/aromatic N) is 5. The van der Waals surface area contributed by atoms with E-state index in [9.17, 15) is 14.4 Å². The minimum Gasteiger partial charge on any atom is -0.338 e. The first-order valence-electron chi connectivity index (χ1n) is 12.9. The lowest BCUT2D eigenvalue weighted by molar-refractivity contribution is -0.137. The lowest BCUT2D eigenvalue weighted by atomic mass is 10.1. The Hall–Kier alpha value is -2.99. The van der Waals surface area contributed by atoms with Gasteiger partial charge in [0.2, 0.25) is 5.91 Å². The summed E-state index contributed by atoms with van der Waals surface area (Å²) in [5.74, 6) is 1.33. The summed E-state index contributed by atoms with van der Waals surface area (Å²) >= 11 is 0. The number of halogens is 1. The molecule has 2 saturated heterocycles. The van der Waals surface area contributed by atoms with Crippen LogP contribution < -0.4 is 22.5 Å². The van der Waals surface area contributed by atoms with Crippen LogP contribution in [0.4, 0.5) is 10.6 Å². The summed E-state index contributed by atoms with van der Waals surface area (Å²) in [6, 6.07) is 9.84. The third-order valence-corrected chi connectivity index (χ3v) is 7.93. The van der Waals surface area contributed by atoms with Crippen molar-refractivity contribution in [1.82, 2.24) is 24.3 Å². The minimum absolute atomic E-state index is 0. The van der Waals surface area contributed by atoms with Crippen LogP contribution >= 0.6 is 12.4 Å². The van der Waals surface area contributed by atoms with Crippen LogP contribution in [0.3, 0.4) is 0 Å². The molecule has 3 fully saturated rings. The summed E-state index contributed by atoms with van der Waals surface area (Å²) in [6.07, 6.45) is 1.61. The lowest BCUT2D eigenvalue weighted by Crippen LogP contribution is -2.58. The highest BCUT2D eigenvalue weighted by Gasteiger charge is 2.54. The maximum absolute atomic E-state index is 12.7. The molecule has 1 aliphatic carbocycles. The van der Waals surface area contributed by atoms with E-state index >= 15 is 0 Å². The average Bonchev–Trinajstić information content (AvgIpc) is 3.26. The van der Waals surface area contributed by atoms with Crippen molar-refractivity contribution < 1.29 is 9.59 Å². The molecule has 12 heteroatoms. The molecule has 38 heavy (non-hydrogen) atoms. The van der Waals surface area contributed by atoms with Crippen LogP contribution in [-0.2, 0) is 4.79 Å². The van der Waals surface area contributed by atoms with Gasteiger partial charge >= 0.3 is 11.7 Å². The Balaban J connectivity index is 0.00000336. The van der Waals surface area contributed by atoms with Gasteiger partial charge in [0.05, 0.1) is 11.2 Å². The van der Waals surface area contributed by atoms with E-state index in [4.69, 9.17) is 11.5 Å². The summed E-state index contributed by atoms with van der Waals surface area (Å²) in [5, 5.41) is 2.69. The van der Waals surface area contributed by atoms with E-state index < -0.39 is 11.2 Å². The summed E-state index contributed by atoms with van der Waals surface area (Å²) in [7, 11) is 0. The fourth-order valence-electron chi connectivity index (χ4n) is 5.42. The van der Waals surface area contributed by atoms with Crippen molar-refractivity contribution in [1.29, 1.82) is 0 Å². The number of carbonyl (C=O) groups is 2. The molecule has 3 heterocycles. The molecule has 2 aromatic rings. The van der Waals surface area contributed by atoms with Gasteiger partial charge in [0.25, 0.3) is 0 Å². The number of rotatable bonds is 5. The number of nitrogens with one attached hydrogen (secondary N) is 1. The van der Waals surface area contributed by atoms with Crippen molar-refractivity contribution >= 4 is 30.2 Å². The number of piperidine rings is 1. The molecule has 5 rings (SSSR count). The van der Waals surface area contributed by atoms with Gasteiger partial charge in [-0.3, -0.25) is 19.6 Å². The maximum atomic E-state index is 12.7. The van der Waals surface area contributed by atoms with E-state index in [2.05, 4.69) is 22.1 Å². The van der Waals surface area contributed by atoms with Crippen LogP contribution in [0.15, 0.2) is 41.3 Å². The first-order chi connectivity index (χ1) is 17.5. The third kappa shape index (κ3) is 5.56. The maximum Gasteiger partial charge on any atom is 0.354 e. The van der Waals surface area contributed by atoms with Crippen LogP contribution in [0.1, 0.15) is 32.4 Å². The van der Waals surface area contributed by atoms with Gasteiger partial charge in [-0.2, -0.15) is 4.98 Å². The molecule has 1 aromatic carbocycles. The van der Waals surface area contributed by atoms with Crippen molar-refractivity contribution in [2.45, 2.75) is 38.4 Å². The molecule has 3 unspecified atom stereocenters. The number of fused-ring (bicyclic) bond motifs is 1. The summed E-state index contributed by atoms with van der Waals surface area (Å²) in [6.45, 7) is 9.20. The normalized spacial score (nSPS) is 23.9. The fourth-order valence-corrected chi connectivity index (χ4v) is 5.42. The summed E-state index contributed by atoms with van der Waals surface area (Å²) < 4.78 is 1.45. The first-order valence-corrected chi connectivity index (χ1v) is 12.9. The molecule has 0 spiro atoms. The van der Waals surface area contributed by atoms with Gasteiger partial charge in [0, 0.05) is 57.5 Å². The Morgan fingerprint density at radius 2 is 1.61 bits per heavy atom. The number of benzene rings is 1. The van der Waals surface area contributed by atoms with Gasteiger partial charge in [-0.1, -0.05) is 12.1 Å². The van der Waals surface area contributed by atoms with Crippen LogP contribution in [0.5, 0.6) is 0 Å². The molecule has 2 aliphatic heterocycles. The number of aromatic nitrogens is 2. The van der Waals surface area contributed by atoms with E-state index in [1.807, 2.05) is 24.3 Å². The van der Waals surface area contributed by atoms with Crippen molar-refractivity contribution in [2.24, 2.45) is 23.3 Å². The third-order valence-electron chi connectivity index (χ3n) is 7.93. The second kappa shape index (κ2) is 10.6. The molecule has 5 N–H and O–H groups in total. The fraction of sp³-hybridized carbons (Fsp3) is 0.538. The quantitative estimate of drug-likeness (QED) is 0.510. The Kier molecular flexibility index (Phi) is 7.85. The number of anilines is 1. The SMILES string of the molecule is CC(c1ccc(-n2ccc(NC(=O)N3CCN(C(=O)C(C)(C)N)CC3)nc2=O)cc1)N1CC2C(N)C2C1.Cl. The lowest BCUT2D eigenvalue weighted by Gasteiger charge is -2.37. The minimum atomic E-state index is -0.945. The Labute approximate surface area is 228 Å². The van der Waals surface area contributed by atoms with Gasteiger partial charge in [0.1, 0.15) is 5.82 Å². The van der Waals surface area contributed by atoms with Gasteiger partial charge in [-0.15, -0.1) is 12.4 Å². The number of hydrogen-bond donors (Lipinski definition) is 3.